The topological polar surface area (TPSA) is 89.4 Å². The minimum Gasteiger partial charge on any atom is -0.397 e. The van der Waals surface area contributed by atoms with Gasteiger partial charge in [-0.25, -0.2) is 0 Å². The van der Waals surface area contributed by atoms with Crippen LogP contribution in [0.2, 0.25) is 0 Å². The predicted molar refractivity (Wildman–Crippen MR) is 62.0 cm³/mol. The summed E-state index contributed by atoms with van der Waals surface area (Å²) in [5.41, 5.74) is 11.4. The monoisotopic (exact) mass is 239 g/mol. The van der Waals surface area contributed by atoms with Crippen molar-refractivity contribution in [1.29, 1.82) is 0 Å². The fraction of sp³-hybridized carbons (Fsp3) is 0.400. The molecule has 2 amide bonds. The van der Waals surface area contributed by atoms with E-state index in [2.05, 4.69) is 0 Å². The third-order valence-electron chi connectivity index (χ3n) is 2.73. The number of hydrogen-bond donors (Lipinski definition) is 2. The summed E-state index contributed by atoms with van der Waals surface area (Å²) in [6, 6.07) is 1.21. The first-order valence-electron chi connectivity index (χ1n) is 5.04. The van der Waals surface area contributed by atoms with Gasteiger partial charge in [0.15, 0.2) is 0 Å². The van der Waals surface area contributed by atoms with Crippen LogP contribution in [-0.2, 0) is 4.79 Å². The van der Waals surface area contributed by atoms with Crippen molar-refractivity contribution in [1.82, 2.24) is 4.90 Å². The number of carbonyl (C=O) groups is 2. The van der Waals surface area contributed by atoms with Crippen molar-refractivity contribution < 1.29 is 9.59 Å². The van der Waals surface area contributed by atoms with E-state index in [0.717, 1.165) is 6.42 Å². The molecule has 0 saturated carbocycles. The fourth-order valence-corrected chi connectivity index (χ4v) is 2.70. The molecule has 0 aliphatic carbocycles. The highest BCUT2D eigenvalue weighted by molar-refractivity contribution is 7.12. The Morgan fingerprint density at radius 1 is 1.50 bits per heavy atom. The molecule has 1 fully saturated rings. The molecule has 0 radical (unpaired) electrons. The Kier molecular flexibility index (Phi) is 2.82. The van der Waals surface area contributed by atoms with E-state index in [4.69, 9.17) is 11.5 Å². The second-order valence-electron chi connectivity index (χ2n) is 3.76. The normalized spacial score (nSPS) is 20.0. The van der Waals surface area contributed by atoms with Gasteiger partial charge < -0.3 is 16.4 Å². The van der Waals surface area contributed by atoms with E-state index in [0.29, 0.717) is 23.5 Å². The van der Waals surface area contributed by atoms with Crippen LogP contribution >= 0.6 is 11.3 Å². The summed E-state index contributed by atoms with van der Waals surface area (Å²) in [6.45, 7) is 0.573. The summed E-state index contributed by atoms with van der Waals surface area (Å²) in [7, 11) is 0. The Labute approximate surface area is 97.0 Å². The van der Waals surface area contributed by atoms with Gasteiger partial charge in [0.25, 0.3) is 5.91 Å². The van der Waals surface area contributed by atoms with Crippen molar-refractivity contribution in [3.63, 3.8) is 0 Å². The summed E-state index contributed by atoms with van der Waals surface area (Å²) in [5, 5.41) is 1.76. The molecule has 4 N–H and O–H groups in total. The summed E-state index contributed by atoms with van der Waals surface area (Å²) in [5.74, 6) is -0.630. The number of rotatable bonds is 2. The zero-order chi connectivity index (χ0) is 11.7. The van der Waals surface area contributed by atoms with E-state index in [9.17, 15) is 9.59 Å². The molecule has 86 valence electrons. The van der Waals surface area contributed by atoms with E-state index in [1.54, 1.807) is 11.4 Å². The number of thiophene rings is 1. The van der Waals surface area contributed by atoms with E-state index in [1.165, 1.54) is 16.2 Å². The maximum Gasteiger partial charge on any atom is 0.266 e. The van der Waals surface area contributed by atoms with Crippen LogP contribution in [0.4, 0.5) is 5.69 Å². The van der Waals surface area contributed by atoms with Crippen molar-refractivity contribution in [3.8, 4) is 0 Å². The molecule has 1 unspecified atom stereocenters. The van der Waals surface area contributed by atoms with Gasteiger partial charge in [0.05, 0.1) is 5.69 Å². The Morgan fingerprint density at radius 3 is 2.81 bits per heavy atom. The fourth-order valence-electron chi connectivity index (χ4n) is 1.93. The lowest BCUT2D eigenvalue weighted by Gasteiger charge is -2.21. The zero-order valence-corrected chi connectivity index (χ0v) is 9.50. The summed E-state index contributed by atoms with van der Waals surface area (Å²) in [6.07, 6.45) is 1.46. The first-order chi connectivity index (χ1) is 7.61. The molecule has 1 atom stereocenters. The van der Waals surface area contributed by atoms with E-state index in [1.807, 2.05) is 0 Å². The molecule has 2 rings (SSSR count). The number of nitrogens with zero attached hydrogens (tertiary/aromatic N) is 1. The molecule has 0 spiro atoms. The Bertz CT molecular complexity index is 429. The Hall–Kier alpha value is -1.56. The van der Waals surface area contributed by atoms with Crippen molar-refractivity contribution in [3.05, 3.63) is 16.3 Å². The highest BCUT2D eigenvalue weighted by Gasteiger charge is 2.34. The number of nitrogen functional groups attached to an aromatic ring is 1. The molecule has 0 aromatic carbocycles. The van der Waals surface area contributed by atoms with Crippen LogP contribution in [0, 0.1) is 0 Å². The molecule has 1 aliphatic heterocycles. The molecule has 5 nitrogen and oxygen atoms in total. The van der Waals surface area contributed by atoms with Crippen molar-refractivity contribution >= 4 is 28.8 Å². The van der Waals surface area contributed by atoms with Crippen LogP contribution in [0.5, 0.6) is 0 Å². The van der Waals surface area contributed by atoms with Crippen molar-refractivity contribution in [2.45, 2.75) is 18.9 Å². The molecule has 2 heterocycles. The molecular weight excluding hydrogens is 226 g/mol. The largest absolute Gasteiger partial charge is 0.397 e. The average Bonchev–Trinajstić information content (AvgIpc) is 2.84. The van der Waals surface area contributed by atoms with Gasteiger partial charge in [-0.1, -0.05) is 0 Å². The standard InChI is InChI=1S/C10H13N3O2S/c11-6-3-5-16-8(6)10(15)13-4-1-2-7(13)9(12)14/h3,5,7H,1-2,4,11H2,(H2,12,14). The first-order valence-corrected chi connectivity index (χ1v) is 5.92. The molecule has 1 aromatic heterocycles. The Balaban J connectivity index is 2.22. The molecule has 1 aliphatic rings. The second-order valence-corrected chi connectivity index (χ2v) is 4.68. The van der Waals surface area contributed by atoms with Crippen LogP contribution in [0.25, 0.3) is 0 Å². The lowest BCUT2D eigenvalue weighted by Crippen LogP contribution is -2.43. The lowest BCUT2D eigenvalue weighted by molar-refractivity contribution is -0.121. The van der Waals surface area contributed by atoms with Gasteiger partial charge in [-0.15, -0.1) is 11.3 Å². The Morgan fingerprint density at radius 2 is 2.25 bits per heavy atom. The first kappa shape index (κ1) is 10.9. The summed E-state index contributed by atoms with van der Waals surface area (Å²) in [4.78, 5) is 25.3. The van der Waals surface area contributed by atoms with Crippen LogP contribution in [0.1, 0.15) is 22.5 Å². The van der Waals surface area contributed by atoms with Gasteiger partial charge in [-0.05, 0) is 24.3 Å². The maximum absolute atomic E-state index is 12.1. The van der Waals surface area contributed by atoms with Gasteiger partial charge >= 0.3 is 0 Å². The van der Waals surface area contributed by atoms with E-state index < -0.39 is 11.9 Å². The smallest absolute Gasteiger partial charge is 0.266 e. The molecular formula is C10H13N3O2S. The van der Waals surface area contributed by atoms with Crippen molar-refractivity contribution in [2.24, 2.45) is 5.73 Å². The third-order valence-corrected chi connectivity index (χ3v) is 3.65. The average molecular weight is 239 g/mol. The third kappa shape index (κ3) is 1.76. The summed E-state index contributed by atoms with van der Waals surface area (Å²) < 4.78 is 0. The number of primary amides is 1. The maximum atomic E-state index is 12.1. The SMILES string of the molecule is NC(=O)C1CCCN1C(=O)c1sccc1N. The lowest BCUT2D eigenvalue weighted by atomic mass is 10.2. The highest BCUT2D eigenvalue weighted by atomic mass is 32.1. The van der Waals surface area contributed by atoms with Crippen LogP contribution in [0.15, 0.2) is 11.4 Å². The number of anilines is 1. The minimum atomic E-state index is -0.478. The number of nitrogens with two attached hydrogens (primary N) is 2. The minimum absolute atomic E-state index is 0.186. The molecule has 1 aromatic rings. The number of carbonyl (C=O) groups excluding carboxylic acids is 2. The van der Waals surface area contributed by atoms with Gasteiger partial charge in [-0.2, -0.15) is 0 Å². The second kappa shape index (κ2) is 4.13. The summed E-state index contributed by atoms with van der Waals surface area (Å²) >= 11 is 1.29. The number of hydrogen-bond acceptors (Lipinski definition) is 4. The van der Waals surface area contributed by atoms with Gasteiger partial charge in [0.2, 0.25) is 5.91 Å². The predicted octanol–water partition coefficient (Wildman–Crippen LogP) is 0.420. The molecule has 16 heavy (non-hydrogen) atoms. The molecule has 6 heteroatoms. The van der Waals surface area contributed by atoms with Crippen LogP contribution in [0.3, 0.4) is 0 Å². The quantitative estimate of drug-likeness (QED) is 0.783. The highest BCUT2D eigenvalue weighted by Crippen LogP contribution is 2.25. The van der Waals surface area contributed by atoms with Crippen LogP contribution < -0.4 is 11.5 Å². The van der Waals surface area contributed by atoms with Gasteiger partial charge in [0, 0.05) is 6.54 Å². The van der Waals surface area contributed by atoms with E-state index in [-0.39, 0.29) is 5.91 Å². The molecule has 0 bridgehead atoms. The van der Waals surface area contributed by atoms with Crippen molar-refractivity contribution in [2.75, 3.05) is 12.3 Å². The van der Waals surface area contributed by atoms with E-state index >= 15 is 0 Å². The number of amides is 2. The molecule has 1 saturated heterocycles. The zero-order valence-electron chi connectivity index (χ0n) is 8.68. The number of likely N-dealkylation sites (tertiary alicyclic amines) is 1. The van der Waals surface area contributed by atoms with Crippen LogP contribution in [-0.4, -0.2) is 29.3 Å². The van der Waals surface area contributed by atoms with Gasteiger partial charge in [-0.3, -0.25) is 9.59 Å². The van der Waals surface area contributed by atoms with Gasteiger partial charge in [0.1, 0.15) is 10.9 Å².